The molecule has 0 fully saturated rings. The topological polar surface area (TPSA) is 70.1 Å². The van der Waals surface area contributed by atoms with E-state index in [1.807, 2.05) is 34.6 Å². The molecule has 19 heavy (non-hydrogen) atoms. The van der Waals surface area contributed by atoms with Gasteiger partial charge in [-0.15, -0.1) is 0 Å². The molecule has 0 aromatic carbocycles. The van der Waals surface area contributed by atoms with Gasteiger partial charge in [0.1, 0.15) is 6.54 Å². The first-order valence-corrected chi connectivity index (χ1v) is 6.44. The molecular weight excluding hydrogens is 248 g/mol. The van der Waals surface area contributed by atoms with E-state index in [9.17, 15) is 9.59 Å². The number of carboxylic acids is 1. The maximum atomic E-state index is 12.5. The lowest BCUT2D eigenvalue weighted by Crippen LogP contribution is -2.56. The second-order valence-corrected chi connectivity index (χ2v) is 5.52. The fourth-order valence-electron chi connectivity index (χ4n) is 1.85. The van der Waals surface area contributed by atoms with Gasteiger partial charge < -0.3 is 19.6 Å². The van der Waals surface area contributed by atoms with Gasteiger partial charge in [0, 0.05) is 19.2 Å². The number of urea groups is 1. The fraction of sp³-hybridized carbons (Fsp3) is 0.846. The lowest BCUT2D eigenvalue weighted by Gasteiger charge is -2.40. The molecule has 0 bridgehead atoms. The van der Waals surface area contributed by atoms with Crippen molar-refractivity contribution in [1.82, 2.24) is 9.80 Å². The molecule has 1 atom stereocenters. The largest absolute Gasteiger partial charge is 0.480 e. The Morgan fingerprint density at radius 3 is 2.16 bits per heavy atom. The molecule has 0 saturated heterocycles. The minimum Gasteiger partial charge on any atom is -0.480 e. The molecule has 0 aliphatic heterocycles. The zero-order valence-corrected chi connectivity index (χ0v) is 12.8. The third kappa shape index (κ3) is 5.46. The van der Waals surface area contributed by atoms with Crippen LogP contribution < -0.4 is 0 Å². The number of nitrogens with zero attached hydrogens (tertiary/aromatic N) is 2. The number of carbonyl (C=O) groups excluding carboxylic acids is 1. The van der Waals surface area contributed by atoms with Gasteiger partial charge in [-0.1, -0.05) is 0 Å². The lowest BCUT2D eigenvalue weighted by molar-refractivity contribution is -0.138. The van der Waals surface area contributed by atoms with E-state index in [0.717, 1.165) is 0 Å². The normalized spacial score (nSPS) is 12.9. The third-order valence-electron chi connectivity index (χ3n) is 2.86. The van der Waals surface area contributed by atoms with Gasteiger partial charge in [-0.05, 0) is 34.6 Å². The quantitative estimate of drug-likeness (QED) is 0.799. The van der Waals surface area contributed by atoms with Crippen molar-refractivity contribution < 1.29 is 19.4 Å². The van der Waals surface area contributed by atoms with E-state index in [1.54, 1.807) is 12.0 Å². The Bertz CT molecular complexity index is 312. The van der Waals surface area contributed by atoms with Crippen LogP contribution in [0.1, 0.15) is 34.6 Å². The van der Waals surface area contributed by atoms with Crippen LogP contribution in [0, 0.1) is 0 Å². The molecule has 0 aromatic rings. The van der Waals surface area contributed by atoms with Crippen LogP contribution in [0.25, 0.3) is 0 Å². The van der Waals surface area contributed by atoms with E-state index in [1.165, 1.54) is 4.90 Å². The summed E-state index contributed by atoms with van der Waals surface area (Å²) in [5.74, 6) is -1.02. The first kappa shape index (κ1) is 17.7. The molecule has 112 valence electrons. The molecule has 0 saturated carbocycles. The minimum atomic E-state index is -1.02. The van der Waals surface area contributed by atoms with Crippen molar-refractivity contribution in [2.45, 2.75) is 46.2 Å². The second-order valence-electron chi connectivity index (χ2n) is 5.52. The summed E-state index contributed by atoms with van der Waals surface area (Å²) in [6, 6.07) is -0.372. The molecule has 0 heterocycles. The summed E-state index contributed by atoms with van der Waals surface area (Å²) in [5, 5.41) is 8.96. The standard InChI is InChI=1S/C13H26N2O4/c1-7-14(10(2)9-19-6)12(18)15(8-11(16)17)13(3,4)5/h10H,7-9H2,1-6H3,(H,16,17). The van der Waals surface area contributed by atoms with E-state index in [-0.39, 0.29) is 18.6 Å². The van der Waals surface area contributed by atoms with Crippen LogP contribution in [-0.2, 0) is 9.53 Å². The number of rotatable bonds is 6. The number of aliphatic carboxylic acids is 1. The number of carbonyl (C=O) groups is 2. The Labute approximate surface area is 115 Å². The van der Waals surface area contributed by atoms with Crippen molar-refractivity contribution in [2.24, 2.45) is 0 Å². The molecule has 1 unspecified atom stereocenters. The zero-order chi connectivity index (χ0) is 15.2. The van der Waals surface area contributed by atoms with Crippen LogP contribution >= 0.6 is 0 Å². The predicted octanol–water partition coefficient (Wildman–Crippen LogP) is 1.65. The average molecular weight is 274 g/mol. The van der Waals surface area contributed by atoms with Crippen molar-refractivity contribution >= 4 is 12.0 Å². The number of amides is 2. The summed E-state index contributed by atoms with van der Waals surface area (Å²) in [6.07, 6.45) is 0. The zero-order valence-electron chi connectivity index (χ0n) is 12.8. The Hall–Kier alpha value is -1.30. The lowest BCUT2D eigenvalue weighted by atomic mass is 10.1. The number of hydrogen-bond acceptors (Lipinski definition) is 3. The van der Waals surface area contributed by atoms with Crippen molar-refractivity contribution in [3.63, 3.8) is 0 Å². The van der Waals surface area contributed by atoms with E-state index < -0.39 is 11.5 Å². The Morgan fingerprint density at radius 1 is 1.32 bits per heavy atom. The van der Waals surface area contributed by atoms with Crippen LogP contribution in [0.5, 0.6) is 0 Å². The summed E-state index contributed by atoms with van der Waals surface area (Å²) in [5.41, 5.74) is -0.546. The van der Waals surface area contributed by atoms with Crippen LogP contribution in [0.2, 0.25) is 0 Å². The van der Waals surface area contributed by atoms with Crippen LogP contribution in [0.15, 0.2) is 0 Å². The van der Waals surface area contributed by atoms with Crippen molar-refractivity contribution in [3.05, 3.63) is 0 Å². The highest BCUT2D eigenvalue weighted by molar-refractivity contribution is 5.81. The first-order chi connectivity index (χ1) is 8.65. The molecule has 0 radical (unpaired) electrons. The molecule has 0 spiro atoms. The highest BCUT2D eigenvalue weighted by atomic mass is 16.5. The highest BCUT2D eigenvalue weighted by Crippen LogP contribution is 2.17. The summed E-state index contributed by atoms with van der Waals surface area (Å²) in [7, 11) is 1.58. The number of likely N-dealkylation sites (N-methyl/N-ethyl adjacent to an activating group) is 1. The third-order valence-corrected chi connectivity index (χ3v) is 2.86. The second kappa shape index (κ2) is 7.33. The average Bonchev–Trinajstić information content (AvgIpc) is 2.25. The Morgan fingerprint density at radius 2 is 1.84 bits per heavy atom. The van der Waals surface area contributed by atoms with Gasteiger partial charge in [-0.2, -0.15) is 0 Å². The molecular formula is C13H26N2O4. The van der Waals surface area contributed by atoms with Gasteiger partial charge in [-0.3, -0.25) is 4.79 Å². The maximum absolute atomic E-state index is 12.5. The Kier molecular flexibility index (Phi) is 6.83. The van der Waals surface area contributed by atoms with Crippen molar-refractivity contribution in [3.8, 4) is 0 Å². The highest BCUT2D eigenvalue weighted by Gasteiger charge is 2.32. The molecule has 1 N–H and O–H groups in total. The van der Waals surface area contributed by atoms with Gasteiger partial charge in [-0.25, -0.2) is 4.79 Å². The van der Waals surface area contributed by atoms with Gasteiger partial charge in [0.2, 0.25) is 0 Å². The van der Waals surface area contributed by atoms with E-state index in [4.69, 9.17) is 9.84 Å². The fourth-order valence-corrected chi connectivity index (χ4v) is 1.85. The van der Waals surface area contributed by atoms with Crippen molar-refractivity contribution in [2.75, 3.05) is 26.8 Å². The summed E-state index contributed by atoms with van der Waals surface area (Å²) in [6.45, 7) is 9.84. The van der Waals surface area contributed by atoms with Gasteiger partial charge in [0.15, 0.2) is 0 Å². The summed E-state index contributed by atoms with van der Waals surface area (Å²) in [4.78, 5) is 26.4. The van der Waals surface area contributed by atoms with Gasteiger partial charge in [0.05, 0.1) is 12.6 Å². The van der Waals surface area contributed by atoms with Gasteiger partial charge >= 0.3 is 12.0 Å². The van der Waals surface area contributed by atoms with Crippen LogP contribution in [0.3, 0.4) is 0 Å². The van der Waals surface area contributed by atoms with Crippen LogP contribution in [-0.4, -0.2) is 65.3 Å². The molecule has 0 rings (SSSR count). The first-order valence-electron chi connectivity index (χ1n) is 6.44. The molecule has 6 heteroatoms. The number of hydrogen-bond donors (Lipinski definition) is 1. The van der Waals surface area contributed by atoms with Crippen molar-refractivity contribution in [1.29, 1.82) is 0 Å². The predicted molar refractivity (Wildman–Crippen MR) is 73.2 cm³/mol. The number of ether oxygens (including phenoxy) is 1. The van der Waals surface area contributed by atoms with Gasteiger partial charge in [0.25, 0.3) is 0 Å². The molecule has 0 aromatic heterocycles. The monoisotopic (exact) mass is 274 g/mol. The summed E-state index contributed by atoms with van der Waals surface area (Å²) < 4.78 is 5.05. The summed E-state index contributed by atoms with van der Waals surface area (Å²) >= 11 is 0. The van der Waals surface area contributed by atoms with E-state index in [2.05, 4.69) is 0 Å². The SMILES string of the molecule is CCN(C(=O)N(CC(=O)O)C(C)(C)C)C(C)COC. The number of methoxy groups -OCH3 is 1. The molecule has 6 nitrogen and oxygen atoms in total. The molecule has 0 aliphatic carbocycles. The van der Waals surface area contributed by atoms with E-state index >= 15 is 0 Å². The molecule has 0 aliphatic rings. The molecule has 2 amide bonds. The smallest absolute Gasteiger partial charge is 0.323 e. The maximum Gasteiger partial charge on any atom is 0.323 e. The van der Waals surface area contributed by atoms with Crippen LogP contribution in [0.4, 0.5) is 4.79 Å². The Balaban J connectivity index is 5.09. The number of carboxylic acid groups (broad SMARTS) is 1. The minimum absolute atomic E-state index is 0.0962. The van der Waals surface area contributed by atoms with E-state index in [0.29, 0.717) is 13.2 Å².